The molecule has 0 bridgehead atoms. The van der Waals surface area contributed by atoms with Gasteiger partial charge in [0.15, 0.2) is 5.78 Å². The van der Waals surface area contributed by atoms with Gasteiger partial charge in [0.05, 0.1) is 12.6 Å². The van der Waals surface area contributed by atoms with Gasteiger partial charge in [-0.15, -0.1) is 0 Å². The molecule has 0 unspecified atom stereocenters. The van der Waals surface area contributed by atoms with Gasteiger partial charge >= 0.3 is 0 Å². The first-order chi connectivity index (χ1) is 12.2. The van der Waals surface area contributed by atoms with Crippen LogP contribution in [0.4, 0.5) is 0 Å². The number of aliphatic hydroxyl groups excluding tert-OH is 3. The molecule has 0 spiro atoms. The van der Waals surface area contributed by atoms with Crippen molar-refractivity contribution in [3.05, 3.63) is 35.6 Å². The van der Waals surface area contributed by atoms with Crippen molar-refractivity contribution in [1.29, 1.82) is 0 Å². The number of hydrogen-bond acceptors (Lipinski definition) is 5. The Labute approximate surface area is 186 Å². The van der Waals surface area contributed by atoms with E-state index in [0.717, 1.165) is 5.57 Å². The average molecular weight is 431 g/mol. The summed E-state index contributed by atoms with van der Waals surface area (Å²) in [6.07, 6.45) is 6.97. The molecule has 5 nitrogen and oxygen atoms in total. The zero-order chi connectivity index (χ0) is 21.8. The van der Waals surface area contributed by atoms with E-state index in [9.17, 15) is 9.90 Å². The predicted octanol–water partition coefficient (Wildman–Crippen LogP) is 3.36. The molecule has 0 aromatic heterocycles. The molecule has 0 heterocycles. The molecule has 4 N–H and O–H groups in total. The number of carbonyl (C=O) groups is 1. The number of aliphatic hydroxyl groups is 3. The molecule has 0 aromatic rings. The van der Waals surface area contributed by atoms with E-state index in [0.29, 0.717) is 11.5 Å². The second-order valence-corrected chi connectivity index (χ2v) is 8.51. The number of ketones is 1. The summed E-state index contributed by atoms with van der Waals surface area (Å²) in [5.74, 6) is 0.366. The van der Waals surface area contributed by atoms with Gasteiger partial charge in [-0.05, 0) is 45.1 Å². The van der Waals surface area contributed by atoms with Crippen molar-refractivity contribution >= 4 is 5.78 Å². The van der Waals surface area contributed by atoms with Gasteiger partial charge in [0, 0.05) is 51.3 Å². The van der Waals surface area contributed by atoms with Gasteiger partial charge in [-0.25, -0.2) is 0 Å². The maximum absolute atomic E-state index is 12.4. The third-order valence-electron chi connectivity index (χ3n) is 3.31. The Kier molecular flexibility index (Phi) is 18.4. The van der Waals surface area contributed by atoms with E-state index >= 15 is 0 Å². The van der Waals surface area contributed by atoms with Crippen LogP contribution in [0.25, 0.3) is 0 Å². The van der Waals surface area contributed by atoms with Crippen LogP contribution in [0.2, 0.25) is 0 Å². The Bertz CT molecular complexity index is 504. The van der Waals surface area contributed by atoms with Gasteiger partial charge in [-0.2, -0.15) is 0 Å². The van der Waals surface area contributed by atoms with Crippen LogP contribution in [0.5, 0.6) is 0 Å². The Morgan fingerprint density at radius 1 is 1.04 bits per heavy atom. The normalized spacial score (nSPS) is 16.0. The SMILES string of the molecule is CC(C)O.CC(C)O.CC(C)[C@@H](CO)N/C=C1/C=CC=C(C(C)(C)C)C1=O.[Ti]. The van der Waals surface area contributed by atoms with Crippen LogP contribution in [-0.2, 0) is 26.5 Å². The number of rotatable bonds is 4. The van der Waals surface area contributed by atoms with Crippen molar-refractivity contribution in [2.75, 3.05) is 6.61 Å². The molecule has 0 saturated carbocycles. The van der Waals surface area contributed by atoms with Crippen molar-refractivity contribution in [2.45, 2.75) is 80.6 Å². The van der Waals surface area contributed by atoms with Crippen molar-refractivity contribution in [3.8, 4) is 0 Å². The number of allylic oxidation sites excluding steroid dienone is 5. The molecule has 1 rings (SSSR count). The average Bonchev–Trinajstić information content (AvgIpc) is 2.46. The van der Waals surface area contributed by atoms with E-state index in [2.05, 4.69) is 5.32 Å². The van der Waals surface area contributed by atoms with Crippen LogP contribution in [0.3, 0.4) is 0 Å². The van der Waals surface area contributed by atoms with Gasteiger partial charge in [-0.3, -0.25) is 4.79 Å². The quantitative estimate of drug-likeness (QED) is 0.405. The molecule has 28 heavy (non-hydrogen) atoms. The van der Waals surface area contributed by atoms with Gasteiger partial charge < -0.3 is 20.6 Å². The van der Waals surface area contributed by atoms with E-state index in [1.165, 1.54) is 0 Å². The number of hydrogen-bond donors (Lipinski definition) is 4. The Morgan fingerprint density at radius 3 is 1.79 bits per heavy atom. The molecule has 1 atom stereocenters. The molecule has 0 amide bonds. The monoisotopic (exact) mass is 431 g/mol. The third-order valence-corrected chi connectivity index (χ3v) is 3.31. The van der Waals surface area contributed by atoms with E-state index in [4.69, 9.17) is 10.2 Å². The Morgan fingerprint density at radius 2 is 1.46 bits per heavy atom. The minimum atomic E-state index is -0.167. The van der Waals surface area contributed by atoms with Crippen LogP contribution in [0.15, 0.2) is 35.6 Å². The van der Waals surface area contributed by atoms with Gasteiger partial charge in [0.1, 0.15) is 0 Å². The summed E-state index contributed by atoms with van der Waals surface area (Å²) in [5.41, 5.74) is 1.30. The largest absolute Gasteiger partial charge is 0.394 e. The van der Waals surface area contributed by atoms with Crippen molar-refractivity contribution in [3.63, 3.8) is 0 Å². The molecule has 0 fully saturated rings. The summed E-state index contributed by atoms with van der Waals surface area (Å²) in [7, 11) is 0. The molecule has 1 aliphatic rings. The van der Waals surface area contributed by atoms with Gasteiger partial charge in [0.25, 0.3) is 0 Å². The minimum absolute atomic E-state index is 0. The first-order valence-corrected chi connectivity index (χ1v) is 9.60. The molecule has 0 aliphatic heterocycles. The summed E-state index contributed by atoms with van der Waals surface area (Å²) < 4.78 is 0. The fraction of sp³-hybridized carbons (Fsp3) is 0.682. The van der Waals surface area contributed by atoms with E-state index in [1.807, 2.05) is 46.8 Å². The van der Waals surface area contributed by atoms with Gasteiger partial charge in [0.2, 0.25) is 0 Å². The zero-order valence-electron chi connectivity index (χ0n) is 19.1. The van der Waals surface area contributed by atoms with E-state index < -0.39 is 0 Å². The molecule has 0 radical (unpaired) electrons. The zero-order valence-corrected chi connectivity index (χ0v) is 20.6. The summed E-state index contributed by atoms with van der Waals surface area (Å²) >= 11 is 0. The van der Waals surface area contributed by atoms with Crippen LogP contribution >= 0.6 is 0 Å². The van der Waals surface area contributed by atoms with Crippen molar-refractivity contribution in [2.24, 2.45) is 11.3 Å². The summed E-state index contributed by atoms with van der Waals surface area (Å²) in [5, 5.41) is 28.5. The Hall–Kier alpha value is -0.716. The Balaban J connectivity index is -0.000000590. The van der Waals surface area contributed by atoms with Crippen LogP contribution in [0, 0.1) is 11.3 Å². The fourth-order valence-electron chi connectivity index (χ4n) is 1.91. The van der Waals surface area contributed by atoms with Crippen molar-refractivity contribution in [1.82, 2.24) is 5.32 Å². The van der Waals surface area contributed by atoms with Crippen molar-refractivity contribution < 1.29 is 41.8 Å². The molecule has 162 valence electrons. The second-order valence-electron chi connectivity index (χ2n) is 8.51. The molecular formula is C22H41NO4Ti. The predicted molar refractivity (Wildman–Crippen MR) is 113 cm³/mol. The molecule has 0 aromatic carbocycles. The first kappa shape index (κ1) is 32.0. The summed E-state index contributed by atoms with van der Waals surface area (Å²) in [6, 6.07) is -0.0299. The van der Waals surface area contributed by atoms with E-state index in [-0.39, 0.29) is 57.8 Å². The topological polar surface area (TPSA) is 89.8 Å². The van der Waals surface area contributed by atoms with Crippen LogP contribution < -0.4 is 5.32 Å². The maximum Gasteiger partial charge on any atom is 0.190 e. The smallest absolute Gasteiger partial charge is 0.190 e. The second kappa shape index (κ2) is 16.1. The standard InChI is InChI=1S/C16H25NO2.2C3H8O.Ti/c1-11(2)14(10-18)17-9-12-7-6-8-13(15(12)19)16(3,4)5;2*1-3(2)4;/h6-9,11,14,17-18H,10H2,1-5H3;2*3-4H,1-2H3;/b12-9-;;;/t14-;;;/m1.../s1. The minimum Gasteiger partial charge on any atom is -0.394 e. The number of carbonyl (C=O) groups excluding carboxylic acids is 1. The van der Waals surface area contributed by atoms with Crippen LogP contribution in [-0.4, -0.2) is 46.0 Å². The molecule has 0 saturated heterocycles. The number of Topliss-reactive ketones (excluding diaryl/α,β-unsaturated/α-hetero) is 1. The van der Waals surface area contributed by atoms with E-state index in [1.54, 1.807) is 40.0 Å². The molecular weight excluding hydrogens is 390 g/mol. The summed E-state index contributed by atoms with van der Waals surface area (Å²) in [4.78, 5) is 12.4. The first-order valence-electron chi connectivity index (χ1n) is 9.60. The van der Waals surface area contributed by atoms with Gasteiger partial charge in [-0.1, -0.05) is 46.8 Å². The molecule has 1 aliphatic carbocycles. The maximum atomic E-state index is 12.4. The third kappa shape index (κ3) is 16.3. The number of nitrogens with one attached hydrogen (secondary N) is 1. The fourth-order valence-corrected chi connectivity index (χ4v) is 1.91. The molecule has 6 heteroatoms. The summed E-state index contributed by atoms with van der Waals surface area (Å²) in [6.45, 7) is 17.1. The van der Waals surface area contributed by atoms with Crippen LogP contribution in [0.1, 0.15) is 62.3 Å².